The molecule has 1 aliphatic rings. The number of hydrogen-bond acceptors (Lipinski definition) is 3. The van der Waals surface area contributed by atoms with Crippen molar-refractivity contribution in [2.45, 2.75) is 38.3 Å². The first kappa shape index (κ1) is 15.5. The van der Waals surface area contributed by atoms with Crippen LogP contribution in [-0.4, -0.2) is 30.9 Å². The van der Waals surface area contributed by atoms with Gasteiger partial charge in [-0.15, -0.1) is 0 Å². The third kappa shape index (κ3) is 5.19. The van der Waals surface area contributed by atoms with Gasteiger partial charge < -0.3 is 16.0 Å². The molecule has 1 aromatic rings. The topological polar surface area (TPSA) is 70.2 Å². The van der Waals surface area contributed by atoms with Crippen LogP contribution in [-0.2, 0) is 9.59 Å². The summed E-state index contributed by atoms with van der Waals surface area (Å²) in [7, 11) is 0. The van der Waals surface area contributed by atoms with E-state index in [1.165, 1.54) is 6.92 Å². The molecule has 1 aliphatic heterocycles. The molecule has 2 rings (SSSR count). The van der Waals surface area contributed by atoms with Gasteiger partial charge in [-0.2, -0.15) is 0 Å². The molecule has 2 amide bonds. The van der Waals surface area contributed by atoms with Crippen molar-refractivity contribution in [3.63, 3.8) is 0 Å². The van der Waals surface area contributed by atoms with Crippen LogP contribution in [0.1, 0.15) is 37.8 Å². The minimum atomic E-state index is -0.278. The summed E-state index contributed by atoms with van der Waals surface area (Å²) in [4.78, 5) is 23.5. The summed E-state index contributed by atoms with van der Waals surface area (Å²) in [5, 5.41) is 9.16. The van der Waals surface area contributed by atoms with Gasteiger partial charge in [-0.1, -0.05) is 30.3 Å². The third-order valence-corrected chi connectivity index (χ3v) is 3.63. The van der Waals surface area contributed by atoms with E-state index in [9.17, 15) is 9.59 Å². The lowest BCUT2D eigenvalue weighted by Gasteiger charge is -2.25. The predicted octanol–water partition coefficient (Wildman–Crippen LogP) is 1.12. The SMILES string of the molecule is CC(=O)NC(CC(=O)NC1CCCNC1)c1ccccc1. The lowest BCUT2D eigenvalue weighted by molar-refractivity contribution is -0.123. The second-order valence-corrected chi connectivity index (χ2v) is 5.48. The molecule has 0 saturated carbocycles. The highest BCUT2D eigenvalue weighted by Crippen LogP contribution is 2.16. The number of amides is 2. The molecule has 2 atom stereocenters. The quantitative estimate of drug-likeness (QED) is 0.761. The zero-order valence-electron chi connectivity index (χ0n) is 12.4. The third-order valence-electron chi connectivity index (χ3n) is 3.63. The van der Waals surface area contributed by atoms with E-state index in [-0.39, 0.29) is 30.3 Å². The van der Waals surface area contributed by atoms with E-state index in [0.717, 1.165) is 31.5 Å². The molecule has 21 heavy (non-hydrogen) atoms. The van der Waals surface area contributed by atoms with E-state index in [1.807, 2.05) is 30.3 Å². The van der Waals surface area contributed by atoms with Crippen LogP contribution in [0.15, 0.2) is 30.3 Å². The molecule has 0 radical (unpaired) electrons. The van der Waals surface area contributed by atoms with Gasteiger partial charge in [0.05, 0.1) is 12.5 Å². The standard InChI is InChI=1S/C16H23N3O2/c1-12(20)18-15(13-6-3-2-4-7-13)10-16(21)19-14-8-5-9-17-11-14/h2-4,6-7,14-15,17H,5,8-11H2,1H3,(H,18,20)(H,19,21). The van der Waals surface area contributed by atoms with Gasteiger partial charge in [0.1, 0.15) is 0 Å². The Hall–Kier alpha value is -1.88. The van der Waals surface area contributed by atoms with Crippen LogP contribution in [0, 0.1) is 0 Å². The van der Waals surface area contributed by atoms with Gasteiger partial charge in [0, 0.05) is 19.5 Å². The number of hydrogen-bond donors (Lipinski definition) is 3. The van der Waals surface area contributed by atoms with E-state index < -0.39 is 0 Å². The molecule has 0 spiro atoms. The van der Waals surface area contributed by atoms with Gasteiger partial charge >= 0.3 is 0 Å². The predicted molar refractivity (Wildman–Crippen MR) is 81.7 cm³/mol. The fourth-order valence-corrected chi connectivity index (χ4v) is 2.63. The van der Waals surface area contributed by atoms with Crippen molar-refractivity contribution in [1.82, 2.24) is 16.0 Å². The van der Waals surface area contributed by atoms with Crippen LogP contribution in [0.3, 0.4) is 0 Å². The summed E-state index contributed by atoms with van der Waals surface area (Å²) in [5.41, 5.74) is 0.949. The lowest BCUT2D eigenvalue weighted by Crippen LogP contribution is -2.46. The summed E-state index contributed by atoms with van der Waals surface area (Å²) in [6.45, 7) is 3.31. The molecule has 3 N–H and O–H groups in total. The number of carbonyl (C=O) groups excluding carboxylic acids is 2. The maximum absolute atomic E-state index is 12.2. The van der Waals surface area contributed by atoms with Gasteiger partial charge in [0.2, 0.25) is 11.8 Å². The van der Waals surface area contributed by atoms with Crippen molar-refractivity contribution >= 4 is 11.8 Å². The molecular weight excluding hydrogens is 266 g/mol. The molecule has 1 fully saturated rings. The van der Waals surface area contributed by atoms with E-state index in [0.29, 0.717) is 0 Å². The second-order valence-electron chi connectivity index (χ2n) is 5.48. The van der Waals surface area contributed by atoms with E-state index in [2.05, 4.69) is 16.0 Å². The van der Waals surface area contributed by atoms with Crippen LogP contribution in [0.25, 0.3) is 0 Å². The summed E-state index contributed by atoms with van der Waals surface area (Å²) in [5.74, 6) is -0.151. The lowest BCUT2D eigenvalue weighted by atomic mass is 10.0. The molecule has 0 bridgehead atoms. The van der Waals surface area contributed by atoms with Crippen molar-refractivity contribution in [2.24, 2.45) is 0 Å². The Morgan fingerprint density at radius 2 is 2.10 bits per heavy atom. The number of piperidine rings is 1. The highest BCUT2D eigenvalue weighted by Gasteiger charge is 2.20. The summed E-state index contributed by atoms with van der Waals surface area (Å²) >= 11 is 0. The van der Waals surface area contributed by atoms with Crippen molar-refractivity contribution in [3.05, 3.63) is 35.9 Å². The van der Waals surface area contributed by atoms with E-state index >= 15 is 0 Å². The zero-order chi connectivity index (χ0) is 15.1. The highest BCUT2D eigenvalue weighted by molar-refractivity contribution is 5.79. The van der Waals surface area contributed by atoms with Crippen LogP contribution >= 0.6 is 0 Å². The van der Waals surface area contributed by atoms with Crippen molar-refractivity contribution in [3.8, 4) is 0 Å². The van der Waals surface area contributed by atoms with E-state index in [1.54, 1.807) is 0 Å². The zero-order valence-corrected chi connectivity index (χ0v) is 12.4. The Labute approximate surface area is 125 Å². The van der Waals surface area contributed by atoms with Crippen LogP contribution in [0.4, 0.5) is 0 Å². The van der Waals surface area contributed by atoms with E-state index in [4.69, 9.17) is 0 Å². The van der Waals surface area contributed by atoms with Gasteiger partial charge in [0.15, 0.2) is 0 Å². The first-order chi connectivity index (χ1) is 10.1. The fraction of sp³-hybridized carbons (Fsp3) is 0.500. The Morgan fingerprint density at radius 1 is 1.33 bits per heavy atom. The molecule has 5 heteroatoms. The molecule has 1 heterocycles. The molecule has 0 aromatic heterocycles. The smallest absolute Gasteiger partial charge is 0.222 e. The molecule has 1 saturated heterocycles. The molecule has 5 nitrogen and oxygen atoms in total. The van der Waals surface area contributed by atoms with Crippen LogP contribution < -0.4 is 16.0 Å². The number of nitrogens with one attached hydrogen (secondary N) is 3. The van der Waals surface area contributed by atoms with Crippen LogP contribution in [0.2, 0.25) is 0 Å². The maximum atomic E-state index is 12.2. The van der Waals surface area contributed by atoms with Crippen LogP contribution in [0.5, 0.6) is 0 Å². The molecule has 0 aliphatic carbocycles. The number of rotatable bonds is 5. The summed E-state index contributed by atoms with van der Waals surface area (Å²) < 4.78 is 0. The van der Waals surface area contributed by atoms with Crippen molar-refractivity contribution in [1.29, 1.82) is 0 Å². The highest BCUT2D eigenvalue weighted by atomic mass is 16.2. The average Bonchev–Trinajstić information content (AvgIpc) is 2.48. The second kappa shape index (κ2) is 7.78. The Morgan fingerprint density at radius 3 is 2.71 bits per heavy atom. The molecule has 114 valence electrons. The van der Waals surface area contributed by atoms with Crippen molar-refractivity contribution in [2.75, 3.05) is 13.1 Å². The molecular formula is C16H23N3O2. The maximum Gasteiger partial charge on any atom is 0.222 e. The Bertz CT molecular complexity index is 470. The number of benzene rings is 1. The first-order valence-electron chi connectivity index (χ1n) is 7.47. The van der Waals surface area contributed by atoms with Gasteiger partial charge in [-0.25, -0.2) is 0 Å². The number of carbonyl (C=O) groups is 2. The fourth-order valence-electron chi connectivity index (χ4n) is 2.63. The molecule has 1 aromatic carbocycles. The van der Waals surface area contributed by atoms with Gasteiger partial charge in [-0.3, -0.25) is 9.59 Å². The Balaban J connectivity index is 1.94. The summed E-state index contributed by atoms with van der Waals surface area (Å²) in [6, 6.07) is 9.51. The van der Waals surface area contributed by atoms with Crippen molar-refractivity contribution < 1.29 is 9.59 Å². The largest absolute Gasteiger partial charge is 0.352 e. The Kier molecular flexibility index (Phi) is 5.75. The minimum absolute atomic E-state index is 0.0219. The first-order valence-corrected chi connectivity index (χ1v) is 7.47. The molecule has 2 unspecified atom stereocenters. The minimum Gasteiger partial charge on any atom is -0.352 e. The monoisotopic (exact) mass is 289 g/mol. The van der Waals surface area contributed by atoms with Gasteiger partial charge in [0.25, 0.3) is 0 Å². The van der Waals surface area contributed by atoms with Gasteiger partial charge in [-0.05, 0) is 24.9 Å². The normalized spacial score (nSPS) is 19.6. The average molecular weight is 289 g/mol. The summed E-state index contributed by atoms with van der Waals surface area (Å²) in [6.07, 6.45) is 2.35.